The summed E-state index contributed by atoms with van der Waals surface area (Å²) in [4.78, 5) is 5.86. The average molecular weight is 155 g/mol. The molecule has 0 radical (unpaired) electrons. The normalized spacial score (nSPS) is 44.7. The average Bonchev–Trinajstić information content (AvgIpc) is 2.46. The predicted octanol–water partition coefficient (Wildman–Crippen LogP) is 1.95. The van der Waals surface area contributed by atoms with Gasteiger partial charge in [-0.2, -0.15) is 5.06 Å². The molecule has 2 fully saturated rings. The number of fused-ring (bicyclic) bond motifs is 1. The third kappa shape index (κ3) is 1.18. The highest BCUT2D eigenvalue weighted by atomic mass is 16.7. The van der Waals surface area contributed by atoms with Crippen LogP contribution in [0, 0.1) is 0 Å². The highest BCUT2D eigenvalue weighted by Gasteiger charge is 2.42. The molecule has 0 unspecified atom stereocenters. The molecule has 64 valence electrons. The third-order valence-electron chi connectivity index (χ3n) is 3.08. The molecule has 0 aliphatic carbocycles. The van der Waals surface area contributed by atoms with Crippen molar-refractivity contribution in [3.8, 4) is 0 Å². The second-order valence-corrected chi connectivity index (χ2v) is 4.04. The molecule has 2 atom stereocenters. The number of hydroxylamine groups is 2. The summed E-state index contributed by atoms with van der Waals surface area (Å²) in [5, 5.41) is 2.20. The van der Waals surface area contributed by atoms with Gasteiger partial charge in [0.2, 0.25) is 0 Å². The molecule has 0 aromatic carbocycles. The van der Waals surface area contributed by atoms with E-state index < -0.39 is 0 Å². The molecule has 2 saturated heterocycles. The summed E-state index contributed by atoms with van der Waals surface area (Å²) in [6, 6.07) is 0.736. The molecule has 0 amide bonds. The van der Waals surface area contributed by atoms with Gasteiger partial charge in [0.15, 0.2) is 0 Å². The maximum Gasteiger partial charge on any atom is 0.0885 e. The topological polar surface area (TPSA) is 12.5 Å². The zero-order valence-corrected chi connectivity index (χ0v) is 7.47. The summed E-state index contributed by atoms with van der Waals surface area (Å²) >= 11 is 0. The van der Waals surface area contributed by atoms with Crippen LogP contribution in [0.15, 0.2) is 0 Å². The van der Waals surface area contributed by atoms with Crippen LogP contribution in [0.1, 0.15) is 39.5 Å². The van der Waals surface area contributed by atoms with Gasteiger partial charge >= 0.3 is 0 Å². The minimum absolute atomic E-state index is 0.158. The quantitative estimate of drug-likeness (QED) is 0.574. The van der Waals surface area contributed by atoms with Crippen molar-refractivity contribution in [1.29, 1.82) is 0 Å². The van der Waals surface area contributed by atoms with Gasteiger partial charge in [0.25, 0.3) is 0 Å². The summed E-state index contributed by atoms with van der Waals surface area (Å²) in [6.07, 6.45) is 5.05. The van der Waals surface area contributed by atoms with Gasteiger partial charge in [-0.3, -0.25) is 4.84 Å². The van der Waals surface area contributed by atoms with E-state index in [-0.39, 0.29) is 5.60 Å². The number of hydrogen-bond donors (Lipinski definition) is 0. The van der Waals surface area contributed by atoms with Crippen molar-refractivity contribution >= 4 is 0 Å². The van der Waals surface area contributed by atoms with E-state index in [1.165, 1.54) is 19.3 Å². The SMILES string of the molecule is CC[C@@]1(C)C[C@H]2CCCN2O1. The van der Waals surface area contributed by atoms with E-state index in [9.17, 15) is 0 Å². The van der Waals surface area contributed by atoms with Crippen molar-refractivity contribution in [3.63, 3.8) is 0 Å². The molecule has 0 saturated carbocycles. The van der Waals surface area contributed by atoms with E-state index in [0.717, 1.165) is 19.0 Å². The Morgan fingerprint density at radius 3 is 3.09 bits per heavy atom. The van der Waals surface area contributed by atoms with E-state index in [2.05, 4.69) is 18.9 Å². The molecule has 2 aliphatic heterocycles. The monoisotopic (exact) mass is 155 g/mol. The van der Waals surface area contributed by atoms with Gasteiger partial charge in [-0.1, -0.05) is 6.92 Å². The summed E-state index contributed by atoms with van der Waals surface area (Å²) in [6.45, 7) is 5.59. The van der Waals surface area contributed by atoms with Gasteiger partial charge in [-0.25, -0.2) is 0 Å². The minimum Gasteiger partial charge on any atom is -0.292 e. The molecule has 2 rings (SSSR count). The fourth-order valence-corrected chi connectivity index (χ4v) is 2.16. The lowest BCUT2D eigenvalue weighted by Crippen LogP contribution is -2.26. The van der Waals surface area contributed by atoms with E-state index in [1.54, 1.807) is 0 Å². The Bertz CT molecular complexity index is 146. The van der Waals surface area contributed by atoms with Gasteiger partial charge in [0, 0.05) is 12.6 Å². The van der Waals surface area contributed by atoms with Crippen LogP contribution in [0.25, 0.3) is 0 Å². The van der Waals surface area contributed by atoms with E-state index in [4.69, 9.17) is 4.84 Å². The van der Waals surface area contributed by atoms with Crippen LogP contribution in [0.3, 0.4) is 0 Å². The highest BCUT2D eigenvalue weighted by Crippen LogP contribution is 2.38. The van der Waals surface area contributed by atoms with Crippen molar-refractivity contribution in [1.82, 2.24) is 5.06 Å². The third-order valence-corrected chi connectivity index (χ3v) is 3.08. The lowest BCUT2D eigenvalue weighted by molar-refractivity contribution is -0.188. The fourth-order valence-electron chi connectivity index (χ4n) is 2.16. The van der Waals surface area contributed by atoms with Gasteiger partial charge in [0.05, 0.1) is 5.60 Å². The second-order valence-electron chi connectivity index (χ2n) is 4.04. The highest BCUT2D eigenvalue weighted by molar-refractivity contribution is 4.89. The zero-order chi connectivity index (χ0) is 7.90. The van der Waals surface area contributed by atoms with Gasteiger partial charge in [-0.05, 0) is 32.6 Å². The summed E-state index contributed by atoms with van der Waals surface area (Å²) in [5.74, 6) is 0. The number of rotatable bonds is 1. The molecule has 0 spiro atoms. The van der Waals surface area contributed by atoms with E-state index >= 15 is 0 Å². The van der Waals surface area contributed by atoms with Crippen molar-refractivity contribution in [3.05, 3.63) is 0 Å². The Labute approximate surface area is 68.5 Å². The van der Waals surface area contributed by atoms with Gasteiger partial charge in [-0.15, -0.1) is 0 Å². The van der Waals surface area contributed by atoms with Crippen molar-refractivity contribution in [2.75, 3.05) is 6.54 Å². The summed E-state index contributed by atoms with van der Waals surface area (Å²) in [5.41, 5.74) is 0.158. The summed E-state index contributed by atoms with van der Waals surface area (Å²) < 4.78 is 0. The molecular formula is C9H17NO. The minimum atomic E-state index is 0.158. The molecule has 0 aromatic heterocycles. The zero-order valence-electron chi connectivity index (χ0n) is 7.47. The van der Waals surface area contributed by atoms with Crippen LogP contribution in [-0.4, -0.2) is 23.3 Å². The first-order chi connectivity index (χ1) is 5.23. The lowest BCUT2D eigenvalue weighted by Gasteiger charge is -2.22. The molecule has 2 heteroatoms. The van der Waals surface area contributed by atoms with Gasteiger partial charge in [0.1, 0.15) is 0 Å². The van der Waals surface area contributed by atoms with Crippen molar-refractivity contribution < 1.29 is 4.84 Å². The van der Waals surface area contributed by atoms with Gasteiger partial charge < -0.3 is 0 Å². The maximum absolute atomic E-state index is 5.86. The van der Waals surface area contributed by atoms with Crippen LogP contribution in [0.2, 0.25) is 0 Å². The van der Waals surface area contributed by atoms with Crippen molar-refractivity contribution in [2.24, 2.45) is 0 Å². The Kier molecular flexibility index (Phi) is 1.69. The lowest BCUT2D eigenvalue weighted by atomic mass is 9.95. The number of hydrogen-bond acceptors (Lipinski definition) is 2. The molecular weight excluding hydrogens is 138 g/mol. The van der Waals surface area contributed by atoms with Crippen molar-refractivity contribution in [2.45, 2.75) is 51.2 Å². The number of nitrogens with zero attached hydrogens (tertiary/aromatic N) is 1. The molecule has 0 aromatic rings. The first kappa shape index (κ1) is 7.56. The Balaban J connectivity index is 2.04. The Morgan fingerprint density at radius 1 is 1.64 bits per heavy atom. The molecule has 2 heterocycles. The predicted molar refractivity (Wildman–Crippen MR) is 44.1 cm³/mol. The van der Waals surface area contributed by atoms with Crippen LogP contribution >= 0.6 is 0 Å². The molecule has 11 heavy (non-hydrogen) atoms. The standard InChI is InChI=1S/C9H17NO/c1-3-9(2)7-8-5-4-6-10(8)11-9/h8H,3-7H2,1-2H3/t8-,9+/m1/s1. The Morgan fingerprint density at radius 2 is 2.45 bits per heavy atom. The molecule has 2 aliphatic rings. The van der Waals surface area contributed by atoms with Crippen LogP contribution in [0.5, 0.6) is 0 Å². The van der Waals surface area contributed by atoms with Crippen LogP contribution < -0.4 is 0 Å². The first-order valence-corrected chi connectivity index (χ1v) is 4.69. The van der Waals surface area contributed by atoms with E-state index in [1.807, 2.05) is 0 Å². The first-order valence-electron chi connectivity index (χ1n) is 4.69. The van der Waals surface area contributed by atoms with Crippen LogP contribution in [0.4, 0.5) is 0 Å². The largest absolute Gasteiger partial charge is 0.292 e. The molecule has 2 nitrogen and oxygen atoms in total. The molecule has 0 bridgehead atoms. The second kappa shape index (κ2) is 2.46. The molecule has 0 N–H and O–H groups in total. The summed E-state index contributed by atoms with van der Waals surface area (Å²) in [7, 11) is 0. The van der Waals surface area contributed by atoms with Crippen LogP contribution in [-0.2, 0) is 4.84 Å². The Hall–Kier alpha value is -0.0800. The maximum atomic E-state index is 5.86. The van der Waals surface area contributed by atoms with E-state index in [0.29, 0.717) is 0 Å². The fraction of sp³-hybridized carbons (Fsp3) is 1.00. The smallest absolute Gasteiger partial charge is 0.0885 e.